The van der Waals surface area contributed by atoms with Gasteiger partial charge in [-0.25, -0.2) is 0 Å². The van der Waals surface area contributed by atoms with E-state index in [1.807, 2.05) is 12.1 Å². The van der Waals surface area contributed by atoms with Gasteiger partial charge in [-0.2, -0.15) is 0 Å². The maximum atomic E-state index is 12.0. The summed E-state index contributed by atoms with van der Waals surface area (Å²) in [6.07, 6.45) is 3.15. The molecule has 3 N–H and O–H groups in total. The lowest BCUT2D eigenvalue weighted by molar-refractivity contribution is -0.122. The summed E-state index contributed by atoms with van der Waals surface area (Å²) < 4.78 is 1.01. The first kappa shape index (κ1) is 14.3. The third kappa shape index (κ3) is 3.09. The van der Waals surface area contributed by atoms with Crippen LogP contribution >= 0.6 is 15.9 Å². The lowest BCUT2D eigenvalue weighted by Crippen LogP contribution is -2.48. The lowest BCUT2D eigenvalue weighted by atomic mass is 10.00. The molecule has 0 bridgehead atoms. The third-order valence-corrected chi connectivity index (χ3v) is 4.38. The Hall–Kier alpha value is -1.07. The molecule has 1 amide bonds. The van der Waals surface area contributed by atoms with Gasteiger partial charge >= 0.3 is 0 Å². The van der Waals surface area contributed by atoms with Gasteiger partial charge in [-0.05, 0) is 37.0 Å². The summed E-state index contributed by atoms with van der Waals surface area (Å²) in [6, 6.07) is 6.07. The molecule has 5 heteroatoms. The minimum atomic E-state index is -0.0608. The molecule has 0 aliphatic carbocycles. The molecule has 1 aliphatic rings. The van der Waals surface area contributed by atoms with Crippen molar-refractivity contribution in [2.75, 3.05) is 18.5 Å². The number of likely N-dealkylation sites (N-methyl/N-ethyl adjacent to an activating group) is 1. The van der Waals surface area contributed by atoms with Crippen LogP contribution in [0.4, 0.5) is 5.69 Å². The third-order valence-electron chi connectivity index (χ3n) is 3.64. The molecule has 1 fully saturated rings. The number of benzene rings is 1. The standard InChI is InChI=1S/C14H20BrN3O/c1-17-14(19)13-4-2-3-7-18(13)11-6-5-10(9-16)12(15)8-11/h5-6,8,13H,2-4,7,9,16H2,1H3,(H,17,19). The van der Waals surface area contributed by atoms with Gasteiger partial charge in [0.2, 0.25) is 5.91 Å². The quantitative estimate of drug-likeness (QED) is 0.893. The van der Waals surface area contributed by atoms with Crippen LogP contribution in [0.2, 0.25) is 0 Å². The van der Waals surface area contributed by atoms with E-state index < -0.39 is 0 Å². The zero-order chi connectivity index (χ0) is 13.8. The highest BCUT2D eigenvalue weighted by atomic mass is 79.9. The summed E-state index contributed by atoms with van der Waals surface area (Å²) >= 11 is 3.54. The van der Waals surface area contributed by atoms with Crippen molar-refractivity contribution in [1.82, 2.24) is 5.32 Å². The average Bonchev–Trinajstić information content (AvgIpc) is 2.46. The molecule has 0 aromatic heterocycles. The molecule has 1 atom stereocenters. The molecule has 1 aromatic rings. The molecule has 1 heterocycles. The maximum absolute atomic E-state index is 12.0. The zero-order valence-corrected chi connectivity index (χ0v) is 12.7. The summed E-state index contributed by atoms with van der Waals surface area (Å²) in [7, 11) is 1.70. The smallest absolute Gasteiger partial charge is 0.242 e. The molecule has 1 saturated heterocycles. The van der Waals surface area contributed by atoms with Gasteiger partial charge in [-0.1, -0.05) is 22.0 Å². The van der Waals surface area contributed by atoms with E-state index in [4.69, 9.17) is 5.73 Å². The Bertz CT molecular complexity index is 464. The lowest BCUT2D eigenvalue weighted by Gasteiger charge is -2.36. The van der Waals surface area contributed by atoms with Crippen LogP contribution in [0.15, 0.2) is 22.7 Å². The fourth-order valence-electron chi connectivity index (χ4n) is 2.56. The summed E-state index contributed by atoms with van der Waals surface area (Å²) in [5, 5.41) is 2.76. The average molecular weight is 326 g/mol. The fourth-order valence-corrected chi connectivity index (χ4v) is 3.09. The number of rotatable bonds is 3. The number of nitrogens with one attached hydrogen (secondary N) is 1. The van der Waals surface area contributed by atoms with E-state index in [-0.39, 0.29) is 11.9 Å². The normalized spacial score (nSPS) is 19.3. The van der Waals surface area contributed by atoms with Crippen LogP contribution in [0.5, 0.6) is 0 Å². The van der Waals surface area contributed by atoms with Crippen molar-refractivity contribution in [2.24, 2.45) is 5.73 Å². The Morgan fingerprint density at radius 2 is 2.32 bits per heavy atom. The minimum Gasteiger partial charge on any atom is -0.359 e. The number of anilines is 1. The maximum Gasteiger partial charge on any atom is 0.242 e. The molecule has 104 valence electrons. The molecular formula is C14H20BrN3O. The van der Waals surface area contributed by atoms with E-state index in [0.29, 0.717) is 6.54 Å². The van der Waals surface area contributed by atoms with Crippen LogP contribution in [0.3, 0.4) is 0 Å². The van der Waals surface area contributed by atoms with Gasteiger partial charge in [0.15, 0.2) is 0 Å². The monoisotopic (exact) mass is 325 g/mol. The summed E-state index contributed by atoms with van der Waals surface area (Å²) in [4.78, 5) is 14.2. The van der Waals surface area contributed by atoms with Crippen molar-refractivity contribution in [3.63, 3.8) is 0 Å². The van der Waals surface area contributed by atoms with Crippen LogP contribution in [0.1, 0.15) is 24.8 Å². The van der Waals surface area contributed by atoms with Gasteiger partial charge in [-0.3, -0.25) is 4.79 Å². The van der Waals surface area contributed by atoms with Crippen molar-refractivity contribution in [3.8, 4) is 0 Å². The molecule has 1 unspecified atom stereocenters. The van der Waals surface area contributed by atoms with Crippen LogP contribution in [-0.4, -0.2) is 25.5 Å². The highest BCUT2D eigenvalue weighted by molar-refractivity contribution is 9.10. The predicted octanol–water partition coefficient (Wildman–Crippen LogP) is 2.01. The second-order valence-electron chi connectivity index (χ2n) is 4.80. The number of carbonyl (C=O) groups is 1. The van der Waals surface area contributed by atoms with Gasteiger partial charge in [0.1, 0.15) is 6.04 Å². The Balaban J connectivity index is 2.27. The van der Waals surface area contributed by atoms with Crippen molar-refractivity contribution >= 4 is 27.5 Å². The molecular weight excluding hydrogens is 306 g/mol. The number of hydrogen-bond acceptors (Lipinski definition) is 3. The largest absolute Gasteiger partial charge is 0.359 e. The van der Waals surface area contributed by atoms with E-state index in [2.05, 4.69) is 32.2 Å². The second-order valence-corrected chi connectivity index (χ2v) is 5.65. The van der Waals surface area contributed by atoms with E-state index in [9.17, 15) is 4.79 Å². The van der Waals surface area contributed by atoms with Crippen molar-refractivity contribution in [1.29, 1.82) is 0 Å². The van der Waals surface area contributed by atoms with E-state index in [1.54, 1.807) is 7.05 Å². The molecule has 0 saturated carbocycles. The number of nitrogens with two attached hydrogens (primary N) is 1. The van der Waals surface area contributed by atoms with Gasteiger partial charge < -0.3 is 16.0 Å². The molecule has 0 spiro atoms. The molecule has 1 aliphatic heterocycles. The topological polar surface area (TPSA) is 58.4 Å². The number of amides is 1. The van der Waals surface area contributed by atoms with Gasteiger partial charge in [-0.15, -0.1) is 0 Å². The van der Waals surface area contributed by atoms with Gasteiger partial charge in [0, 0.05) is 30.3 Å². The fraction of sp³-hybridized carbons (Fsp3) is 0.500. The number of halogens is 1. The molecule has 4 nitrogen and oxygen atoms in total. The number of carbonyl (C=O) groups excluding carboxylic acids is 1. The van der Waals surface area contributed by atoms with E-state index in [0.717, 1.165) is 41.5 Å². The van der Waals surface area contributed by atoms with Crippen LogP contribution in [0.25, 0.3) is 0 Å². The van der Waals surface area contributed by atoms with E-state index >= 15 is 0 Å². The first-order chi connectivity index (χ1) is 9.17. The zero-order valence-electron chi connectivity index (χ0n) is 11.2. The van der Waals surface area contributed by atoms with E-state index in [1.165, 1.54) is 0 Å². The first-order valence-corrected chi connectivity index (χ1v) is 7.43. The van der Waals surface area contributed by atoms with Crippen LogP contribution in [0, 0.1) is 0 Å². The summed E-state index contributed by atoms with van der Waals surface area (Å²) in [5.41, 5.74) is 7.83. The SMILES string of the molecule is CNC(=O)C1CCCCN1c1ccc(CN)c(Br)c1. The van der Waals surface area contributed by atoms with Gasteiger partial charge in [0.05, 0.1) is 0 Å². The minimum absolute atomic E-state index is 0.0608. The molecule has 1 aromatic carbocycles. The van der Waals surface area contributed by atoms with Crippen molar-refractivity contribution < 1.29 is 4.79 Å². The van der Waals surface area contributed by atoms with Crippen molar-refractivity contribution in [3.05, 3.63) is 28.2 Å². The summed E-state index contributed by atoms with van der Waals surface area (Å²) in [6.45, 7) is 1.44. The number of nitrogens with zero attached hydrogens (tertiary/aromatic N) is 1. The molecule has 0 radical (unpaired) electrons. The van der Waals surface area contributed by atoms with Gasteiger partial charge in [0.25, 0.3) is 0 Å². The highest BCUT2D eigenvalue weighted by Gasteiger charge is 2.28. The Morgan fingerprint density at radius 3 is 2.95 bits per heavy atom. The number of piperidine rings is 1. The van der Waals surface area contributed by atoms with Crippen molar-refractivity contribution in [2.45, 2.75) is 31.8 Å². The summed E-state index contributed by atoms with van der Waals surface area (Å²) in [5.74, 6) is 0.0960. The molecule has 2 rings (SSSR count). The Kier molecular flexibility index (Phi) is 4.82. The highest BCUT2D eigenvalue weighted by Crippen LogP contribution is 2.29. The second kappa shape index (κ2) is 6.39. The Labute approximate surface area is 122 Å². The number of hydrogen-bond donors (Lipinski definition) is 2. The van der Waals surface area contributed by atoms with Crippen LogP contribution in [-0.2, 0) is 11.3 Å². The Morgan fingerprint density at radius 1 is 1.53 bits per heavy atom. The first-order valence-electron chi connectivity index (χ1n) is 6.64. The molecule has 19 heavy (non-hydrogen) atoms. The van der Waals surface area contributed by atoms with Crippen LogP contribution < -0.4 is 16.0 Å². The predicted molar refractivity (Wildman–Crippen MR) is 81.1 cm³/mol.